The molecule has 0 spiro atoms. The molecule has 1 N–H and O–H groups in total. The van der Waals surface area contributed by atoms with Crippen molar-refractivity contribution in [1.29, 1.82) is 0 Å². The Balaban J connectivity index is 1.26. The van der Waals surface area contributed by atoms with Crippen molar-refractivity contribution >= 4 is 10.9 Å². The van der Waals surface area contributed by atoms with E-state index in [4.69, 9.17) is 0 Å². The molecule has 0 atom stereocenters. The third-order valence-electron chi connectivity index (χ3n) is 6.81. The number of nitrogens with zero attached hydrogens (tertiary/aromatic N) is 3. The molecule has 1 aliphatic heterocycles. The van der Waals surface area contributed by atoms with Crippen LogP contribution in [-0.4, -0.2) is 26.4 Å². The first kappa shape index (κ1) is 23.4. The predicted octanol–water partition coefficient (Wildman–Crippen LogP) is 7.01. The molecule has 0 unspecified atom stereocenters. The maximum Gasteiger partial charge on any atom is 0.416 e. The van der Waals surface area contributed by atoms with Gasteiger partial charge in [0.2, 0.25) is 0 Å². The van der Waals surface area contributed by atoms with Gasteiger partial charge in [0.25, 0.3) is 0 Å². The zero-order valence-electron chi connectivity index (χ0n) is 19.7. The quantitative estimate of drug-likeness (QED) is 0.269. The summed E-state index contributed by atoms with van der Waals surface area (Å²) in [6, 6.07) is 19.6. The molecule has 6 rings (SSSR count). The largest absolute Gasteiger partial charge is 0.416 e. The summed E-state index contributed by atoms with van der Waals surface area (Å²) in [5, 5.41) is 1.13. The van der Waals surface area contributed by atoms with Crippen molar-refractivity contribution in [1.82, 2.24) is 19.9 Å². The van der Waals surface area contributed by atoms with E-state index in [2.05, 4.69) is 25.9 Å². The first-order chi connectivity index (χ1) is 17.8. The van der Waals surface area contributed by atoms with Gasteiger partial charge in [-0.05, 0) is 53.6 Å². The van der Waals surface area contributed by atoms with E-state index in [9.17, 15) is 17.6 Å². The van der Waals surface area contributed by atoms with E-state index < -0.39 is 11.7 Å². The lowest BCUT2D eigenvalue weighted by Crippen LogP contribution is -2.31. The number of rotatable bonds is 4. The summed E-state index contributed by atoms with van der Waals surface area (Å²) in [5.41, 5.74) is 5.86. The van der Waals surface area contributed by atoms with Gasteiger partial charge >= 0.3 is 6.18 Å². The second-order valence-corrected chi connectivity index (χ2v) is 9.23. The molecule has 0 fully saturated rings. The number of nitrogens with one attached hydrogen (secondary N) is 1. The van der Waals surface area contributed by atoms with Gasteiger partial charge in [0.1, 0.15) is 5.82 Å². The second kappa shape index (κ2) is 9.12. The first-order valence-corrected chi connectivity index (χ1v) is 12.0. The van der Waals surface area contributed by atoms with Gasteiger partial charge in [0, 0.05) is 54.3 Å². The maximum atomic E-state index is 13.5. The van der Waals surface area contributed by atoms with Crippen molar-refractivity contribution < 1.29 is 17.6 Å². The fourth-order valence-electron chi connectivity index (χ4n) is 4.91. The molecule has 5 aromatic rings. The summed E-state index contributed by atoms with van der Waals surface area (Å²) in [6.45, 7) is 2.13. The summed E-state index contributed by atoms with van der Waals surface area (Å²) in [4.78, 5) is 14.9. The third kappa shape index (κ3) is 4.60. The highest BCUT2D eigenvalue weighted by atomic mass is 19.4. The maximum absolute atomic E-state index is 13.5. The number of alkyl halides is 3. The third-order valence-corrected chi connectivity index (χ3v) is 6.81. The lowest BCUT2D eigenvalue weighted by atomic mass is 10.0. The van der Waals surface area contributed by atoms with Crippen LogP contribution in [0.4, 0.5) is 17.6 Å². The van der Waals surface area contributed by atoms with Gasteiger partial charge in [0.05, 0.1) is 17.0 Å². The van der Waals surface area contributed by atoms with Crippen molar-refractivity contribution in [2.45, 2.75) is 25.7 Å². The average molecular weight is 503 g/mol. The van der Waals surface area contributed by atoms with E-state index in [1.165, 1.54) is 24.3 Å². The summed E-state index contributed by atoms with van der Waals surface area (Å²) in [6.07, 6.45) is -1.89. The minimum atomic E-state index is -4.37. The Morgan fingerprint density at radius 3 is 2.38 bits per heavy atom. The average Bonchev–Trinajstić information content (AvgIpc) is 3.26. The lowest BCUT2D eigenvalue weighted by molar-refractivity contribution is -0.137. The van der Waals surface area contributed by atoms with E-state index in [1.54, 1.807) is 18.3 Å². The molecule has 3 heterocycles. The molecule has 0 bridgehead atoms. The zero-order chi connectivity index (χ0) is 25.6. The number of aromatic nitrogens is 3. The number of para-hydroxylation sites is 1. The normalized spacial score (nSPS) is 14.2. The van der Waals surface area contributed by atoms with Gasteiger partial charge in [-0.15, -0.1) is 0 Å². The van der Waals surface area contributed by atoms with Crippen LogP contribution in [0.5, 0.6) is 0 Å². The monoisotopic (exact) mass is 502 g/mol. The van der Waals surface area contributed by atoms with Crippen molar-refractivity contribution in [2.24, 2.45) is 0 Å². The smallest absolute Gasteiger partial charge is 0.354 e. The molecular weight excluding hydrogens is 480 g/mol. The van der Waals surface area contributed by atoms with E-state index in [0.29, 0.717) is 30.9 Å². The molecule has 0 amide bonds. The molecule has 8 heteroatoms. The van der Waals surface area contributed by atoms with Gasteiger partial charge in [-0.1, -0.05) is 30.3 Å². The lowest BCUT2D eigenvalue weighted by Gasteiger charge is -2.28. The molecule has 186 valence electrons. The summed E-state index contributed by atoms with van der Waals surface area (Å²) >= 11 is 0. The van der Waals surface area contributed by atoms with E-state index in [0.717, 1.165) is 57.7 Å². The van der Waals surface area contributed by atoms with Gasteiger partial charge in [-0.2, -0.15) is 13.2 Å². The van der Waals surface area contributed by atoms with Crippen LogP contribution in [0, 0.1) is 5.82 Å². The molecular formula is C29H22F4N4. The van der Waals surface area contributed by atoms with Crippen LogP contribution in [-0.2, 0) is 25.7 Å². The van der Waals surface area contributed by atoms with Crippen molar-refractivity contribution in [3.63, 3.8) is 0 Å². The van der Waals surface area contributed by atoms with Crippen LogP contribution >= 0.6 is 0 Å². The van der Waals surface area contributed by atoms with E-state index >= 15 is 0 Å². The second-order valence-electron chi connectivity index (χ2n) is 9.23. The Kier molecular flexibility index (Phi) is 5.76. The number of H-pyrrole nitrogens is 1. The van der Waals surface area contributed by atoms with Crippen LogP contribution in [0.1, 0.15) is 22.4 Å². The fourth-order valence-corrected chi connectivity index (χ4v) is 4.91. The Morgan fingerprint density at radius 2 is 1.62 bits per heavy atom. The fraction of sp³-hybridized carbons (Fsp3) is 0.172. The Hall–Kier alpha value is -4.04. The van der Waals surface area contributed by atoms with Gasteiger partial charge in [0.15, 0.2) is 5.82 Å². The number of hydrogen-bond donors (Lipinski definition) is 1. The minimum Gasteiger partial charge on any atom is -0.354 e. The molecule has 2 aromatic heterocycles. The molecule has 37 heavy (non-hydrogen) atoms. The zero-order valence-corrected chi connectivity index (χ0v) is 19.7. The van der Waals surface area contributed by atoms with Crippen LogP contribution < -0.4 is 0 Å². The SMILES string of the molecule is Fc1ccc(-c2[nH]c3ccccc3c2CN2CCc3nc(-c4ccc(C(F)(F)F)cc4)ncc3C2)cc1. The molecule has 0 saturated carbocycles. The molecule has 0 radical (unpaired) electrons. The number of fused-ring (bicyclic) bond motifs is 2. The summed E-state index contributed by atoms with van der Waals surface area (Å²) in [7, 11) is 0. The Morgan fingerprint density at radius 1 is 0.892 bits per heavy atom. The highest BCUT2D eigenvalue weighted by Gasteiger charge is 2.30. The van der Waals surface area contributed by atoms with Gasteiger partial charge < -0.3 is 4.98 Å². The summed E-state index contributed by atoms with van der Waals surface area (Å²) < 4.78 is 52.2. The van der Waals surface area contributed by atoms with Gasteiger partial charge in [-0.3, -0.25) is 4.90 Å². The van der Waals surface area contributed by atoms with Crippen LogP contribution in [0.15, 0.2) is 79.0 Å². The topological polar surface area (TPSA) is 44.8 Å². The molecule has 4 nitrogen and oxygen atoms in total. The predicted molar refractivity (Wildman–Crippen MR) is 134 cm³/mol. The summed E-state index contributed by atoms with van der Waals surface area (Å²) in [5.74, 6) is 0.154. The highest BCUT2D eigenvalue weighted by molar-refractivity contribution is 5.90. The molecule has 0 aliphatic carbocycles. The van der Waals surface area contributed by atoms with Crippen molar-refractivity contribution in [3.8, 4) is 22.6 Å². The van der Waals surface area contributed by atoms with E-state index in [1.807, 2.05) is 18.2 Å². The molecule has 0 saturated heterocycles. The van der Waals surface area contributed by atoms with E-state index in [-0.39, 0.29) is 5.82 Å². The van der Waals surface area contributed by atoms with Crippen molar-refractivity contribution in [3.05, 3.63) is 107 Å². The van der Waals surface area contributed by atoms with Crippen molar-refractivity contribution in [2.75, 3.05) is 6.54 Å². The minimum absolute atomic E-state index is 0.273. The highest BCUT2D eigenvalue weighted by Crippen LogP contribution is 2.33. The first-order valence-electron chi connectivity index (χ1n) is 12.0. The van der Waals surface area contributed by atoms with Gasteiger partial charge in [-0.25, -0.2) is 14.4 Å². The number of benzene rings is 3. The Bertz CT molecular complexity index is 1570. The van der Waals surface area contributed by atoms with Crippen LogP contribution in [0.25, 0.3) is 33.5 Å². The molecule has 3 aromatic carbocycles. The number of halogens is 4. The van der Waals surface area contributed by atoms with Crippen LogP contribution in [0.3, 0.4) is 0 Å². The number of hydrogen-bond acceptors (Lipinski definition) is 3. The molecule has 1 aliphatic rings. The van der Waals surface area contributed by atoms with Crippen LogP contribution in [0.2, 0.25) is 0 Å². The Labute approximate surface area is 210 Å². The number of aromatic amines is 1. The standard InChI is InChI=1S/C29H22F4N4/c30-22-11-7-18(8-12-22)27-24(23-3-1-2-4-26(23)35-27)17-37-14-13-25-20(16-37)15-34-28(36-25)19-5-9-21(10-6-19)29(31,32)33/h1-12,15,35H,13-14,16-17H2.